The molecule has 132 valence electrons. The van der Waals surface area contributed by atoms with Crippen molar-refractivity contribution in [2.45, 2.75) is 23.7 Å². The maximum absolute atomic E-state index is 12.6. The van der Waals surface area contributed by atoms with E-state index in [1.165, 1.54) is 0 Å². The van der Waals surface area contributed by atoms with Crippen molar-refractivity contribution in [1.82, 2.24) is 14.3 Å². The predicted molar refractivity (Wildman–Crippen MR) is 87.3 cm³/mol. The molecule has 0 radical (unpaired) electrons. The standard InChI is InChI=1S/C15H22N4O4S/c20-24(21,13-2-3-13)19-7-9-23-15(11-19)10-18(6-8-22-12-15)14-16-4-1-5-17-14/h1,4-5,13H,2-3,6-12H2/t15-/m1/s1. The number of aromatic nitrogens is 2. The van der Waals surface area contributed by atoms with Gasteiger partial charge in [-0.05, 0) is 18.9 Å². The van der Waals surface area contributed by atoms with E-state index in [1.807, 2.05) is 4.90 Å². The summed E-state index contributed by atoms with van der Waals surface area (Å²) in [5.41, 5.74) is -0.671. The van der Waals surface area contributed by atoms with Gasteiger partial charge in [0.15, 0.2) is 0 Å². The average Bonchev–Trinajstić information content (AvgIpc) is 3.44. The SMILES string of the molecule is O=S(=O)(C1CC1)N1CCO[C@@]2(COCCN(c3ncccn3)C2)C1. The Morgan fingerprint density at radius 1 is 1.12 bits per heavy atom. The van der Waals surface area contributed by atoms with E-state index in [0.717, 1.165) is 12.8 Å². The predicted octanol–water partition coefficient (Wildman–Crippen LogP) is -0.124. The Labute approximate surface area is 141 Å². The van der Waals surface area contributed by atoms with Gasteiger partial charge in [0.05, 0.1) is 31.6 Å². The van der Waals surface area contributed by atoms with E-state index in [4.69, 9.17) is 9.47 Å². The fraction of sp³-hybridized carbons (Fsp3) is 0.733. The van der Waals surface area contributed by atoms with Gasteiger partial charge in [0.25, 0.3) is 0 Å². The molecule has 3 heterocycles. The van der Waals surface area contributed by atoms with Crippen LogP contribution in [-0.4, -0.2) is 79.5 Å². The van der Waals surface area contributed by atoms with Gasteiger partial charge in [0.1, 0.15) is 5.60 Å². The lowest BCUT2D eigenvalue weighted by atomic mass is 10.0. The highest BCUT2D eigenvalue weighted by Gasteiger charge is 2.47. The first-order chi connectivity index (χ1) is 11.6. The molecule has 24 heavy (non-hydrogen) atoms. The summed E-state index contributed by atoms with van der Waals surface area (Å²) in [4.78, 5) is 10.6. The van der Waals surface area contributed by atoms with E-state index in [0.29, 0.717) is 51.9 Å². The molecule has 0 N–H and O–H groups in total. The van der Waals surface area contributed by atoms with Gasteiger partial charge in [-0.15, -0.1) is 0 Å². The van der Waals surface area contributed by atoms with Gasteiger partial charge in [-0.3, -0.25) is 0 Å². The molecule has 1 aromatic heterocycles. The van der Waals surface area contributed by atoms with Crippen molar-refractivity contribution >= 4 is 16.0 Å². The number of hydrogen-bond donors (Lipinski definition) is 0. The number of anilines is 1. The van der Waals surface area contributed by atoms with Crippen LogP contribution in [0.1, 0.15) is 12.8 Å². The van der Waals surface area contributed by atoms with Crippen LogP contribution in [0.3, 0.4) is 0 Å². The molecule has 0 bridgehead atoms. The van der Waals surface area contributed by atoms with Crippen LogP contribution < -0.4 is 4.90 Å². The molecule has 0 aromatic carbocycles. The third-order valence-electron chi connectivity index (χ3n) is 4.70. The van der Waals surface area contributed by atoms with Crippen molar-refractivity contribution in [3.05, 3.63) is 18.5 Å². The minimum atomic E-state index is -3.21. The van der Waals surface area contributed by atoms with Crippen molar-refractivity contribution in [3.8, 4) is 0 Å². The third-order valence-corrected chi connectivity index (χ3v) is 7.05. The lowest BCUT2D eigenvalue weighted by Gasteiger charge is -2.42. The molecule has 1 atom stereocenters. The van der Waals surface area contributed by atoms with Crippen molar-refractivity contribution in [1.29, 1.82) is 0 Å². The summed E-state index contributed by atoms with van der Waals surface area (Å²) >= 11 is 0. The normalized spacial score (nSPS) is 29.6. The van der Waals surface area contributed by atoms with E-state index in [1.54, 1.807) is 22.8 Å². The molecule has 1 aromatic rings. The minimum absolute atomic E-state index is 0.201. The fourth-order valence-corrected chi connectivity index (χ4v) is 5.22. The van der Waals surface area contributed by atoms with Crippen LogP contribution in [0.15, 0.2) is 18.5 Å². The molecule has 3 aliphatic rings. The highest BCUT2D eigenvalue weighted by molar-refractivity contribution is 7.90. The van der Waals surface area contributed by atoms with E-state index >= 15 is 0 Å². The van der Waals surface area contributed by atoms with Gasteiger partial charge in [-0.2, -0.15) is 4.31 Å². The number of nitrogens with zero attached hydrogens (tertiary/aromatic N) is 4. The number of ether oxygens (including phenoxy) is 2. The van der Waals surface area contributed by atoms with Gasteiger partial charge < -0.3 is 14.4 Å². The van der Waals surface area contributed by atoms with Crippen LogP contribution in [0.5, 0.6) is 0 Å². The number of rotatable bonds is 3. The Kier molecular flexibility index (Phi) is 4.19. The minimum Gasteiger partial charge on any atom is -0.376 e. The molecular weight excluding hydrogens is 332 g/mol. The monoisotopic (exact) mass is 354 g/mol. The smallest absolute Gasteiger partial charge is 0.225 e. The van der Waals surface area contributed by atoms with Gasteiger partial charge in [-0.25, -0.2) is 18.4 Å². The number of hydrogen-bond acceptors (Lipinski definition) is 7. The van der Waals surface area contributed by atoms with E-state index in [-0.39, 0.29) is 5.25 Å². The average molecular weight is 354 g/mol. The van der Waals surface area contributed by atoms with Crippen LogP contribution in [-0.2, 0) is 19.5 Å². The van der Waals surface area contributed by atoms with Crippen molar-refractivity contribution < 1.29 is 17.9 Å². The maximum atomic E-state index is 12.6. The van der Waals surface area contributed by atoms with E-state index in [2.05, 4.69) is 9.97 Å². The Hall–Kier alpha value is -1.29. The lowest BCUT2D eigenvalue weighted by molar-refractivity contribution is -0.116. The van der Waals surface area contributed by atoms with Crippen LogP contribution in [0.25, 0.3) is 0 Å². The summed E-state index contributed by atoms with van der Waals surface area (Å²) in [6.45, 7) is 3.24. The fourth-order valence-electron chi connectivity index (χ4n) is 3.32. The summed E-state index contributed by atoms with van der Waals surface area (Å²) in [6, 6.07) is 1.77. The molecule has 3 fully saturated rings. The van der Waals surface area contributed by atoms with Gasteiger partial charge in [0, 0.05) is 32.0 Å². The quantitative estimate of drug-likeness (QED) is 0.748. The first-order valence-electron chi connectivity index (χ1n) is 8.32. The molecule has 8 nitrogen and oxygen atoms in total. The first kappa shape index (κ1) is 16.2. The van der Waals surface area contributed by atoms with E-state index in [9.17, 15) is 8.42 Å². The zero-order chi connectivity index (χ0) is 16.6. The second kappa shape index (κ2) is 6.21. The molecule has 0 amide bonds. The molecule has 1 saturated carbocycles. The van der Waals surface area contributed by atoms with Crippen molar-refractivity contribution in [2.24, 2.45) is 0 Å². The van der Waals surface area contributed by atoms with Crippen molar-refractivity contribution in [2.75, 3.05) is 50.9 Å². The zero-order valence-electron chi connectivity index (χ0n) is 13.5. The van der Waals surface area contributed by atoms with Crippen LogP contribution >= 0.6 is 0 Å². The van der Waals surface area contributed by atoms with Crippen molar-refractivity contribution in [3.63, 3.8) is 0 Å². The van der Waals surface area contributed by atoms with Crippen LogP contribution in [0.2, 0.25) is 0 Å². The highest BCUT2D eigenvalue weighted by atomic mass is 32.2. The number of morpholine rings is 1. The highest BCUT2D eigenvalue weighted by Crippen LogP contribution is 2.34. The number of sulfonamides is 1. The van der Waals surface area contributed by atoms with Crippen LogP contribution in [0, 0.1) is 0 Å². The summed E-state index contributed by atoms with van der Waals surface area (Å²) in [6.07, 6.45) is 4.94. The zero-order valence-corrected chi connectivity index (χ0v) is 14.3. The van der Waals surface area contributed by atoms with Gasteiger partial charge in [-0.1, -0.05) is 0 Å². The molecule has 1 spiro atoms. The van der Waals surface area contributed by atoms with E-state index < -0.39 is 15.6 Å². The van der Waals surface area contributed by atoms with Crippen LogP contribution in [0.4, 0.5) is 5.95 Å². The topological polar surface area (TPSA) is 84.9 Å². The maximum Gasteiger partial charge on any atom is 0.225 e. The largest absolute Gasteiger partial charge is 0.376 e. The Morgan fingerprint density at radius 2 is 1.92 bits per heavy atom. The lowest BCUT2D eigenvalue weighted by Crippen LogP contribution is -2.60. The Morgan fingerprint density at radius 3 is 2.67 bits per heavy atom. The molecule has 1 aliphatic carbocycles. The molecule has 2 aliphatic heterocycles. The Balaban J connectivity index is 1.56. The second-order valence-electron chi connectivity index (χ2n) is 6.63. The van der Waals surface area contributed by atoms with Gasteiger partial charge >= 0.3 is 0 Å². The third kappa shape index (κ3) is 3.13. The van der Waals surface area contributed by atoms with Gasteiger partial charge in [0.2, 0.25) is 16.0 Å². The summed E-state index contributed by atoms with van der Waals surface area (Å²) < 4.78 is 38.6. The molecule has 9 heteroatoms. The summed E-state index contributed by atoms with van der Waals surface area (Å²) in [5, 5.41) is -0.201. The summed E-state index contributed by atoms with van der Waals surface area (Å²) in [7, 11) is -3.21. The Bertz CT molecular complexity index is 682. The molecule has 4 rings (SSSR count). The second-order valence-corrected chi connectivity index (χ2v) is 8.85. The first-order valence-corrected chi connectivity index (χ1v) is 9.82. The summed E-state index contributed by atoms with van der Waals surface area (Å²) in [5.74, 6) is 0.619. The molecule has 0 unspecified atom stereocenters. The molecular formula is C15H22N4O4S. The molecule has 2 saturated heterocycles.